The molecule has 9 heteroatoms. The van der Waals surface area contributed by atoms with Crippen LogP contribution in [0.4, 0.5) is 0 Å². The van der Waals surface area contributed by atoms with Crippen LogP contribution >= 0.6 is 12.4 Å². The minimum absolute atomic E-state index is 0. The van der Waals surface area contributed by atoms with Crippen molar-refractivity contribution in [3.8, 4) is 0 Å². The molecule has 19 heavy (non-hydrogen) atoms. The maximum absolute atomic E-state index is 11.7. The van der Waals surface area contributed by atoms with E-state index in [2.05, 4.69) is 0 Å². The van der Waals surface area contributed by atoms with Gasteiger partial charge in [-0.2, -0.15) is 0 Å². The molecule has 0 aromatic carbocycles. The van der Waals surface area contributed by atoms with Crippen LogP contribution < -0.4 is 0 Å². The Hall–Kier alpha value is -1.00. The van der Waals surface area contributed by atoms with Gasteiger partial charge in [-0.3, -0.25) is 4.79 Å². The number of hydroxylamine groups is 3. The number of aliphatic hydroxyl groups excluding tert-OH is 3. The molecule has 0 radical (unpaired) electrons. The quantitative estimate of drug-likeness (QED) is 0.228. The summed E-state index contributed by atoms with van der Waals surface area (Å²) in [7, 11) is 0.924. The normalized spacial score (nSPS) is 40.7. The molecule has 1 heterocycles. The van der Waals surface area contributed by atoms with Crippen molar-refractivity contribution in [1.29, 1.82) is 0 Å². The fourth-order valence-corrected chi connectivity index (χ4v) is 2.25. The molecular weight excluding hydrogens is 282 g/mol. The zero-order valence-electron chi connectivity index (χ0n) is 9.83. The molecule has 0 aromatic rings. The van der Waals surface area contributed by atoms with Crippen LogP contribution in [0.15, 0.2) is 23.6 Å². The predicted molar refractivity (Wildman–Crippen MR) is 61.7 cm³/mol. The van der Waals surface area contributed by atoms with Crippen LogP contribution in [0.5, 0.6) is 0 Å². The van der Waals surface area contributed by atoms with E-state index < -0.39 is 40.3 Å². The Morgan fingerprint density at radius 1 is 1.32 bits per heavy atom. The summed E-state index contributed by atoms with van der Waals surface area (Å²) < 4.78 is -1.59. The monoisotopic (exact) mass is 296 g/mol. The first kappa shape index (κ1) is 16.1. The van der Waals surface area contributed by atoms with Crippen LogP contribution in [0.3, 0.4) is 0 Å². The highest BCUT2D eigenvalue weighted by atomic mass is 35.5. The summed E-state index contributed by atoms with van der Waals surface area (Å²) in [6.45, 7) is 0. The van der Waals surface area contributed by atoms with Gasteiger partial charge in [0.15, 0.2) is 5.78 Å². The van der Waals surface area contributed by atoms with Gasteiger partial charge < -0.3 is 25.5 Å². The van der Waals surface area contributed by atoms with E-state index in [1.807, 2.05) is 0 Å². The lowest BCUT2D eigenvalue weighted by Crippen LogP contribution is -2.69. The average molecular weight is 297 g/mol. The third-order valence-electron chi connectivity index (χ3n) is 3.31. The first-order valence-corrected chi connectivity index (χ1v) is 5.17. The summed E-state index contributed by atoms with van der Waals surface area (Å²) in [4.78, 5) is 11.7. The minimum Gasteiger partial charge on any atom is -0.465 e. The number of quaternary nitrogens is 1. The Morgan fingerprint density at radius 2 is 1.84 bits per heavy atom. The van der Waals surface area contributed by atoms with Crippen LogP contribution in [0.1, 0.15) is 0 Å². The second kappa shape index (κ2) is 4.53. The number of aliphatic hydroxyl groups is 5. The van der Waals surface area contributed by atoms with Gasteiger partial charge in [-0.1, -0.05) is 4.65 Å². The zero-order chi connectivity index (χ0) is 13.9. The van der Waals surface area contributed by atoms with Crippen molar-refractivity contribution in [3.63, 3.8) is 0 Å². The maximum atomic E-state index is 11.7. The molecule has 2 aliphatic rings. The van der Waals surface area contributed by atoms with E-state index in [0.717, 1.165) is 19.2 Å². The second-order valence-electron chi connectivity index (χ2n) is 4.60. The van der Waals surface area contributed by atoms with Crippen LogP contribution in [-0.4, -0.2) is 66.3 Å². The van der Waals surface area contributed by atoms with E-state index in [4.69, 9.17) is 0 Å². The number of ketones is 1. The number of hydrogen-bond acceptors (Lipinski definition) is 7. The summed E-state index contributed by atoms with van der Waals surface area (Å²) in [5, 5.41) is 58.1. The largest absolute Gasteiger partial charge is 0.465 e. The van der Waals surface area contributed by atoms with Gasteiger partial charge in [-0.15, -0.1) is 12.4 Å². The van der Waals surface area contributed by atoms with E-state index in [-0.39, 0.29) is 18.0 Å². The molecule has 1 aliphatic heterocycles. The van der Waals surface area contributed by atoms with Crippen molar-refractivity contribution in [2.45, 2.75) is 18.1 Å². The zero-order valence-corrected chi connectivity index (χ0v) is 10.7. The number of halogens is 1. The number of Topliss-reactive ketones (excluding diaryl/α,β-unsaturated/α-hetero) is 1. The highest BCUT2D eigenvalue weighted by molar-refractivity contribution is 5.92. The number of carbonyl (C=O) groups excluding carboxylic acids is 1. The van der Waals surface area contributed by atoms with Crippen molar-refractivity contribution in [3.05, 3.63) is 23.6 Å². The van der Waals surface area contributed by atoms with Crippen molar-refractivity contribution in [1.82, 2.24) is 0 Å². The van der Waals surface area contributed by atoms with Gasteiger partial charge >= 0.3 is 5.88 Å². The molecule has 0 saturated carbocycles. The molecule has 4 atom stereocenters. The molecule has 1 aliphatic carbocycles. The van der Waals surface area contributed by atoms with Gasteiger partial charge in [0.25, 0.3) is 12.0 Å². The van der Waals surface area contributed by atoms with Gasteiger partial charge in [-0.25, -0.2) is 5.21 Å². The van der Waals surface area contributed by atoms with Crippen molar-refractivity contribution < 1.29 is 40.2 Å². The summed E-state index contributed by atoms with van der Waals surface area (Å²) >= 11 is 0. The highest BCUT2D eigenvalue weighted by Crippen LogP contribution is 2.42. The number of likely N-dealkylation sites (N-methyl/N-ethyl adjacent to an activating group) is 1. The number of nitrogens with zero attached hydrogens (tertiary/aromatic N) is 1. The van der Waals surface area contributed by atoms with Gasteiger partial charge in [0.2, 0.25) is 0 Å². The molecule has 2 rings (SSSR count). The van der Waals surface area contributed by atoms with Crippen molar-refractivity contribution in [2.75, 3.05) is 7.05 Å². The average Bonchev–Trinajstić information content (AvgIpc) is 2.28. The van der Waals surface area contributed by atoms with Crippen molar-refractivity contribution in [2.24, 2.45) is 5.92 Å². The number of rotatable bonds is 0. The minimum atomic E-state index is -3.01. The summed E-state index contributed by atoms with van der Waals surface area (Å²) in [6, 6.07) is 0. The first-order chi connectivity index (χ1) is 8.11. The SMILES string of the molecule is C[N+]1(O)C(O)=C2C=CC(O)C(=O)C2C(O)(O)C1O.Cl. The summed E-state index contributed by atoms with van der Waals surface area (Å²) in [6.07, 6.45) is -1.67. The molecule has 0 saturated heterocycles. The van der Waals surface area contributed by atoms with Gasteiger partial charge in [-0.05, 0) is 12.2 Å². The smallest absolute Gasteiger partial charge is 0.328 e. The van der Waals surface area contributed by atoms with Crippen molar-refractivity contribution >= 4 is 18.2 Å². The summed E-state index contributed by atoms with van der Waals surface area (Å²) in [5.41, 5.74) is -0.259. The lowest BCUT2D eigenvalue weighted by molar-refractivity contribution is -1.11. The Bertz CT molecular complexity index is 470. The van der Waals surface area contributed by atoms with E-state index >= 15 is 0 Å². The number of fused-ring (bicyclic) bond motifs is 1. The Morgan fingerprint density at radius 3 is 2.37 bits per heavy atom. The van der Waals surface area contributed by atoms with Crippen LogP contribution in [0.25, 0.3) is 0 Å². The molecule has 0 spiro atoms. The third kappa shape index (κ3) is 1.98. The second-order valence-corrected chi connectivity index (χ2v) is 4.60. The number of hydrogen-bond donors (Lipinski definition) is 6. The Labute approximate surface area is 114 Å². The predicted octanol–water partition coefficient (Wildman–Crippen LogP) is -1.86. The number of allylic oxidation sites excluding steroid dienone is 1. The number of carbonyl (C=O) groups is 1. The molecular formula is C10H15ClNO7+. The molecule has 0 fully saturated rings. The lowest BCUT2D eigenvalue weighted by Gasteiger charge is -2.44. The molecule has 0 aromatic heterocycles. The molecule has 0 amide bonds. The fraction of sp³-hybridized carbons (Fsp3) is 0.500. The third-order valence-corrected chi connectivity index (χ3v) is 3.31. The first-order valence-electron chi connectivity index (χ1n) is 5.17. The van der Waals surface area contributed by atoms with Gasteiger partial charge in [0.1, 0.15) is 19.1 Å². The molecule has 108 valence electrons. The lowest BCUT2D eigenvalue weighted by atomic mass is 9.77. The van der Waals surface area contributed by atoms with E-state index in [1.165, 1.54) is 0 Å². The van der Waals surface area contributed by atoms with E-state index in [0.29, 0.717) is 0 Å². The molecule has 4 unspecified atom stereocenters. The Balaban J connectivity index is 0.00000180. The standard InChI is InChI=1S/C10H13NO7.ClH/c1-11(18)8(14)4-2-3-5(12)7(13)6(4)10(16,17)9(11)15;/h2-3,5-6,9,12,15-18H,1H3;1H/p+1. The van der Waals surface area contributed by atoms with E-state index in [9.17, 15) is 35.5 Å². The van der Waals surface area contributed by atoms with E-state index in [1.54, 1.807) is 0 Å². The van der Waals surface area contributed by atoms with Crippen LogP contribution in [-0.2, 0) is 4.79 Å². The van der Waals surface area contributed by atoms with Crippen LogP contribution in [0.2, 0.25) is 0 Å². The highest BCUT2D eigenvalue weighted by Gasteiger charge is 2.64. The molecule has 8 nitrogen and oxygen atoms in total. The topological polar surface area (TPSA) is 138 Å². The summed E-state index contributed by atoms with van der Waals surface area (Å²) in [5.74, 6) is -6.51. The maximum Gasteiger partial charge on any atom is 0.328 e. The Kier molecular flexibility index (Phi) is 3.83. The molecule has 0 bridgehead atoms. The van der Waals surface area contributed by atoms with Gasteiger partial charge in [0.05, 0.1) is 5.57 Å². The van der Waals surface area contributed by atoms with Crippen LogP contribution in [0, 0.1) is 5.92 Å². The fourth-order valence-electron chi connectivity index (χ4n) is 2.25. The van der Waals surface area contributed by atoms with Gasteiger partial charge in [0, 0.05) is 0 Å². The molecule has 6 N–H and O–H groups in total.